The minimum Gasteiger partial charge on any atom is -0.495 e. The van der Waals surface area contributed by atoms with Crippen molar-refractivity contribution >= 4 is 22.7 Å². The summed E-state index contributed by atoms with van der Waals surface area (Å²) in [5.41, 5.74) is 0.900. The molecule has 0 radical (unpaired) electrons. The molecule has 164 valence electrons. The molecular weight excluding hydrogens is 420 g/mol. The molecule has 3 aromatic rings. The van der Waals surface area contributed by atoms with E-state index in [-0.39, 0.29) is 30.5 Å². The molecule has 9 heteroatoms. The minimum atomic E-state index is -0.746. The molecule has 0 N–H and O–H groups in total. The predicted octanol–water partition coefficient (Wildman–Crippen LogP) is 3.55. The molecule has 0 bridgehead atoms. The largest absolute Gasteiger partial charge is 0.495 e. The third-order valence-electron chi connectivity index (χ3n) is 5.41. The number of ether oxygens (including phenoxy) is 7. The van der Waals surface area contributed by atoms with Gasteiger partial charge in [0.15, 0.2) is 23.0 Å². The van der Waals surface area contributed by atoms with Crippen molar-refractivity contribution in [3.63, 3.8) is 0 Å². The first-order valence-electron chi connectivity index (χ1n) is 9.62. The molecule has 0 spiro atoms. The van der Waals surface area contributed by atoms with Gasteiger partial charge in [-0.05, 0) is 29.8 Å². The molecule has 0 saturated carbocycles. The Morgan fingerprint density at radius 2 is 1.44 bits per heavy atom. The van der Waals surface area contributed by atoms with E-state index in [2.05, 4.69) is 0 Å². The van der Waals surface area contributed by atoms with E-state index < -0.39 is 11.9 Å². The number of hydrogen-bond acceptors (Lipinski definition) is 9. The molecule has 32 heavy (non-hydrogen) atoms. The van der Waals surface area contributed by atoms with Gasteiger partial charge in [0.1, 0.15) is 11.3 Å². The molecule has 9 nitrogen and oxygen atoms in total. The molecule has 0 aliphatic carbocycles. The van der Waals surface area contributed by atoms with Crippen LogP contribution in [0.15, 0.2) is 30.3 Å². The number of rotatable bonds is 4. The summed E-state index contributed by atoms with van der Waals surface area (Å²) in [5.74, 6) is 0.683. The number of methoxy groups -OCH3 is 3. The second kappa shape index (κ2) is 7.52. The van der Waals surface area contributed by atoms with Crippen LogP contribution in [0.25, 0.3) is 21.9 Å². The van der Waals surface area contributed by atoms with E-state index in [0.29, 0.717) is 44.9 Å². The normalized spacial score (nSPS) is 13.2. The van der Waals surface area contributed by atoms with E-state index in [1.807, 2.05) is 0 Å². The van der Waals surface area contributed by atoms with Gasteiger partial charge in [-0.25, -0.2) is 9.59 Å². The van der Waals surface area contributed by atoms with Gasteiger partial charge in [-0.2, -0.15) is 0 Å². The highest BCUT2D eigenvalue weighted by Gasteiger charge is 2.34. The Morgan fingerprint density at radius 3 is 2.19 bits per heavy atom. The van der Waals surface area contributed by atoms with E-state index in [1.165, 1.54) is 21.3 Å². The Morgan fingerprint density at radius 1 is 0.781 bits per heavy atom. The van der Waals surface area contributed by atoms with Crippen LogP contribution in [0.2, 0.25) is 0 Å². The van der Waals surface area contributed by atoms with Crippen LogP contribution >= 0.6 is 0 Å². The molecule has 5 rings (SSSR count). The fourth-order valence-corrected chi connectivity index (χ4v) is 4.06. The zero-order chi connectivity index (χ0) is 22.4. The van der Waals surface area contributed by atoms with E-state index in [0.717, 1.165) is 0 Å². The molecule has 0 saturated heterocycles. The van der Waals surface area contributed by atoms with E-state index in [9.17, 15) is 9.59 Å². The van der Waals surface area contributed by atoms with Crippen LogP contribution in [0, 0.1) is 0 Å². The summed E-state index contributed by atoms with van der Waals surface area (Å²) in [6.45, 7) is 0.107. The predicted molar refractivity (Wildman–Crippen MR) is 111 cm³/mol. The van der Waals surface area contributed by atoms with Gasteiger partial charge in [-0.3, -0.25) is 0 Å². The summed E-state index contributed by atoms with van der Waals surface area (Å²) < 4.78 is 37.9. The molecule has 2 aliphatic heterocycles. The third kappa shape index (κ3) is 2.78. The average Bonchev–Trinajstić information content (AvgIpc) is 3.50. The third-order valence-corrected chi connectivity index (χ3v) is 5.41. The maximum atomic E-state index is 13.1. The number of carbonyl (C=O) groups excluding carboxylic acids is 2. The molecule has 0 fully saturated rings. The van der Waals surface area contributed by atoms with Crippen molar-refractivity contribution in [2.45, 2.75) is 0 Å². The highest BCUT2D eigenvalue weighted by atomic mass is 16.7. The van der Waals surface area contributed by atoms with Crippen LogP contribution in [-0.2, 0) is 9.47 Å². The fraction of sp³-hybridized carbons (Fsp3) is 0.217. The SMILES string of the molecule is COC(=O)c1c(C(=O)OC)c(-c2ccc3c(c2)OCO3)c2c3c(ccc2c1OC)OCO3. The fourth-order valence-electron chi connectivity index (χ4n) is 4.06. The minimum absolute atomic E-state index is 0.0175. The zero-order valence-electron chi connectivity index (χ0n) is 17.5. The quantitative estimate of drug-likeness (QED) is 0.566. The first kappa shape index (κ1) is 19.8. The van der Waals surface area contributed by atoms with Crippen LogP contribution in [-0.4, -0.2) is 46.9 Å². The Balaban J connectivity index is 1.99. The van der Waals surface area contributed by atoms with Gasteiger partial charge in [0.2, 0.25) is 13.6 Å². The lowest BCUT2D eigenvalue weighted by Crippen LogP contribution is -2.16. The Labute approximate surface area is 182 Å². The van der Waals surface area contributed by atoms with Gasteiger partial charge in [0.05, 0.1) is 26.9 Å². The summed E-state index contributed by atoms with van der Waals surface area (Å²) in [5, 5.41) is 1.07. The Bertz CT molecular complexity index is 1280. The van der Waals surface area contributed by atoms with Gasteiger partial charge in [0.25, 0.3) is 0 Å². The van der Waals surface area contributed by atoms with Gasteiger partial charge in [0, 0.05) is 16.3 Å². The first-order chi connectivity index (χ1) is 15.6. The van der Waals surface area contributed by atoms with Crippen molar-refractivity contribution in [3.05, 3.63) is 41.5 Å². The molecule has 0 unspecified atom stereocenters. The van der Waals surface area contributed by atoms with Crippen molar-refractivity contribution < 1.29 is 42.7 Å². The molecule has 0 amide bonds. The summed E-state index contributed by atoms with van der Waals surface area (Å²) in [6, 6.07) is 8.68. The maximum absolute atomic E-state index is 13.1. The number of carbonyl (C=O) groups is 2. The van der Waals surface area contributed by atoms with Gasteiger partial charge in [-0.1, -0.05) is 6.07 Å². The van der Waals surface area contributed by atoms with Gasteiger partial charge < -0.3 is 33.2 Å². The Kier molecular flexibility index (Phi) is 4.66. The lowest BCUT2D eigenvalue weighted by Gasteiger charge is -2.20. The van der Waals surface area contributed by atoms with Crippen molar-refractivity contribution in [1.29, 1.82) is 0 Å². The van der Waals surface area contributed by atoms with E-state index in [4.69, 9.17) is 33.2 Å². The highest BCUT2D eigenvalue weighted by Crippen LogP contribution is 2.51. The first-order valence-corrected chi connectivity index (χ1v) is 9.62. The standard InChI is InChI=1S/C23H18O9/c1-26-20-12-5-7-14-21(32-10-30-14)17(12)16(11-4-6-13-15(8-11)31-9-29-13)18(22(24)27-2)19(20)23(25)28-3/h4-8H,9-10H2,1-3H3. The molecular formula is C23H18O9. The monoisotopic (exact) mass is 438 g/mol. The lowest BCUT2D eigenvalue weighted by atomic mass is 9.87. The van der Waals surface area contributed by atoms with Crippen molar-refractivity contribution in [2.75, 3.05) is 34.9 Å². The highest BCUT2D eigenvalue weighted by molar-refractivity contribution is 6.20. The van der Waals surface area contributed by atoms with Crippen LogP contribution in [0.4, 0.5) is 0 Å². The molecule has 2 heterocycles. The van der Waals surface area contributed by atoms with E-state index in [1.54, 1.807) is 30.3 Å². The average molecular weight is 438 g/mol. The second-order valence-corrected chi connectivity index (χ2v) is 6.93. The number of benzene rings is 3. The summed E-state index contributed by atoms with van der Waals surface area (Å²) in [6.07, 6.45) is 0. The smallest absolute Gasteiger partial charge is 0.342 e. The lowest BCUT2D eigenvalue weighted by molar-refractivity contribution is 0.0553. The zero-order valence-corrected chi connectivity index (χ0v) is 17.5. The molecule has 0 atom stereocenters. The number of hydrogen-bond donors (Lipinski definition) is 0. The van der Waals surface area contributed by atoms with Crippen LogP contribution in [0.5, 0.6) is 28.7 Å². The second-order valence-electron chi connectivity index (χ2n) is 6.93. The maximum Gasteiger partial charge on any atom is 0.342 e. The molecule has 3 aromatic carbocycles. The molecule has 2 aliphatic rings. The van der Waals surface area contributed by atoms with Gasteiger partial charge >= 0.3 is 11.9 Å². The van der Waals surface area contributed by atoms with Crippen molar-refractivity contribution in [1.82, 2.24) is 0 Å². The Hall–Kier alpha value is -4.14. The van der Waals surface area contributed by atoms with Crippen LogP contribution < -0.4 is 23.7 Å². The van der Waals surface area contributed by atoms with Crippen molar-refractivity contribution in [2.24, 2.45) is 0 Å². The summed E-state index contributed by atoms with van der Waals surface area (Å²) in [4.78, 5) is 26.0. The summed E-state index contributed by atoms with van der Waals surface area (Å²) >= 11 is 0. The number of esters is 2. The topological polar surface area (TPSA) is 98.8 Å². The van der Waals surface area contributed by atoms with Crippen LogP contribution in [0.3, 0.4) is 0 Å². The summed E-state index contributed by atoms with van der Waals surface area (Å²) in [7, 11) is 3.87. The molecule has 0 aromatic heterocycles. The van der Waals surface area contributed by atoms with Gasteiger partial charge in [-0.15, -0.1) is 0 Å². The van der Waals surface area contributed by atoms with Crippen LogP contribution in [0.1, 0.15) is 20.7 Å². The van der Waals surface area contributed by atoms with Crippen molar-refractivity contribution in [3.8, 4) is 39.9 Å². The number of fused-ring (bicyclic) bond motifs is 4. The van der Waals surface area contributed by atoms with E-state index >= 15 is 0 Å².